The molecule has 29 heavy (non-hydrogen) atoms. The summed E-state index contributed by atoms with van der Waals surface area (Å²) in [6.07, 6.45) is 0.0961. The van der Waals surface area contributed by atoms with Gasteiger partial charge in [0.15, 0.2) is 5.78 Å². The third-order valence-electron chi connectivity index (χ3n) is 4.21. The number of amides is 1. The highest BCUT2D eigenvalue weighted by molar-refractivity contribution is 7.89. The van der Waals surface area contributed by atoms with Crippen LogP contribution in [0.15, 0.2) is 29.2 Å². The molecule has 1 amide bonds. The van der Waals surface area contributed by atoms with Crippen molar-refractivity contribution in [1.29, 1.82) is 0 Å². The van der Waals surface area contributed by atoms with Crippen LogP contribution in [0.1, 0.15) is 39.9 Å². The van der Waals surface area contributed by atoms with E-state index >= 15 is 0 Å². The number of thiophene rings is 1. The van der Waals surface area contributed by atoms with Gasteiger partial charge in [-0.25, -0.2) is 12.7 Å². The van der Waals surface area contributed by atoms with Gasteiger partial charge in [-0.2, -0.15) is 0 Å². The van der Waals surface area contributed by atoms with E-state index in [0.717, 1.165) is 14.1 Å². The average molecular weight is 439 g/mol. The van der Waals surface area contributed by atoms with Crippen molar-refractivity contribution in [2.24, 2.45) is 0 Å². The Morgan fingerprint density at radius 3 is 2.38 bits per heavy atom. The smallest absolute Gasteiger partial charge is 0.246 e. The van der Waals surface area contributed by atoms with E-state index in [1.807, 2.05) is 19.9 Å². The van der Waals surface area contributed by atoms with Crippen molar-refractivity contribution >= 4 is 38.7 Å². The van der Waals surface area contributed by atoms with Crippen LogP contribution in [0.4, 0.5) is 5.69 Å². The highest BCUT2D eigenvalue weighted by Gasteiger charge is 2.23. The molecule has 0 aliphatic heterocycles. The maximum absolute atomic E-state index is 12.6. The summed E-state index contributed by atoms with van der Waals surface area (Å²) < 4.78 is 31.6. The van der Waals surface area contributed by atoms with E-state index in [4.69, 9.17) is 4.74 Å². The molecular formula is C20H26N2O5S2. The number of anilines is 1. The van der Waals surface area contributed by atoms with Gasteiger partial charge < -0.3 is 10.1 Å². The summed E-state index contributed by atoms with van der Waals surface area (Å²) in [5.41, 5.74) is 0.981. The normalized spacial score (nSPS) is 11.5. The minimum atomic E-state index is -3.75. The summed E-state index contributed by atoms with van der Waals surface area (Å²) in [6, 6.07) is 6.29. The number of hydrogen-bond acceptors (Lipinski definition) is 6. The first-order valence-electron chi connectivity index (χ1n) is 9.15. The SMILES string of the molecule is CCOc1ccc(NC(=O)CCC(=O)c2cc(C)sc2C)cc1S(=O)(=O)N(C)C. The Morgan fingerprint density at radius 1 is 1.14 bits per heavy atom. The molecule has 7 nitrogen and oxygen atoms in total. The standard InChI is InChI=1S/C20H26N2O5S2/c1-6-27-18-9-7-15(12-19(18)29(25,26)22(4)5)21-20(24)10-8-17(23)16-11-13(2)28-14(16)3/h7,9,11-12H,6,8,10H2,1-5H3,(H,21,24). The van der Waals surface area contributed by atoms with E-state index in [0.29, 0.717) is 17.9 Å². The lowest BCUT2D eigenvalue weighted by Crippen LogP contribution is -2.23. The molecule has 0 unspecified atom stereocenters. The number of aryl methyl sites for hydroxylation is 2. The maximum Gasteiger partial charge on any atom is 0.246 e. The first-order valence-corrected chi connectivity index (χ1v) is 11.4. The number of carbonyl (C=O) groups is 2. The van der Waals surface area contributed by atoms with Crippen molar-refractivity contribution in [2.45, 2.75) is 38.5 Å². The number of hydrogen-bond donors (Lipinski definition) is 1. The van der Waals surface area contributed by atoms with Gasteiger partial charge in [-0.05, 0) is 45.0 Å². The topological polar surface area (TPSA) is 92.8 Å². The van der Waals surface area contributed by atoms with E-state index in [1.54, 1.807) is 24.3 Å². The molecule has 1 heterocycles. The van der Waals surface area contributed by atoms with Crippen LogP contribution < -0.4 is 10.1 Å². The van der Waals surface area contributed by atoms with Gasteiger partial charge in [-0.1, -0.05) is 0 Å². The van der Waals surface area contributed by atoms with Crippen LogP contribution in [0.25, 0.3) is 0 Å². The molecule has 0 aliphatic carbocycles. The van der Waals surface area contributed by atoms with Gasteiger partial charge in [0, 0.05) is 47.9 Å². The van der Waals surface area contributed by atoms with E-state index in [1.165, 1.54) is 26.2 Å². The van der Waals surface area contributed by atoms with Crippen LogP contribution in [0.2, 0.25) is 0 Å². The molecule has 0 fully saturated rings. The Labute approximate surface area is 175 Å². The van der Waals surface area contributed by atoms with E-state index < -0.39 is 10.0 Å². The molecule has 0 aliphatic rings. The molecule has 1 N–H and O–H groups in total. The number of Topliss-reactive ketones (excluding diaryl/α,β-unsaturated/α-hetero) is 1. The number of rotatable bonds is 9. The van der Waals surface area contributed by atoms with Crippen molar-refractivity contribution in [3.8, 4) is 5.75 Å². The largest absolute Gasteiger partial charge is 0.492 e. The molecule has 0 atom stereocenters. The molecule has 2 aromatic rings. The van der Waals surface area contributed by atoms with Gasteiger partial charge in [-0.3, -0.25) is 9.59 Å². The molecule has 0 spiro atoms. The van der Waals surface area contributed by atoms with Crippen molar-refractivity contribution in [2.75, 3.05) is 26.0 Å². The third-order valence-corrected chi connectivity index (χ3v) is 7.01. The lowest BCUT2D eigenvalue weighted by molar-refractivity contribution is -0.116. The summed E-state index contributed by atoms with van der Waals surface area (Å²) >= 11 is 1.55. The highest BCUT2D eigenvalue weighted by atomic mass is 32.2. The predicted molar refractivity (Wildman–Crippen MR) is 114 cm³/mol. The van der Waals surface area contributed by atoms with Crippen LogP contribution in [-0.2, 0) is 14.8 Å². The number of ketones is 1. The fourth-order valence-corrected chi connectivity index (χ4v) is 4.74. The van der Waals surface area contributed by atoms with Gasteiger partial charge in [0.2, 0.25) is 15.9 Å². The maximum atomic E-state index is 12.6. The van der Waals surface area contributed by atoms with Gasteiger partial charge >= 0.3 is 0 Å². The van der Waals surface area contributed by atoms with Crippen molar-refractivity contribution in [1.82, 2.24) is 4.31 Å². The van der Waals surface area contributed by atoms with Crippen LogP contribution in [0.5, 0.6) is 5.75 Å². The van der Waals surface area contributed by atoms with E-state index in [-0.39, 0.29) is 35.2 Å². The Hall–Kier alpha value is -2.23. The van der Waals surface area contributed by atoms with Crippen LogP contribution in [0.3, 0.4) is 0 Å². The quantitative estimate of drug-likeness (QED) is 0.604. The van der Waals surface area contributed by atoms with Crippen LogP contribution in [-0.4, -0.2) is 45.1 Å². The first kappa shape index (κ1) is 23.1. The summed E-state index contributed by atoms with van der Waals surface area (Å²) in [5, 5.41) is 2.66. The lowest BCUT2D eigenvalue weighted by atomic mass is 10.1. The number of nitrogens with one attached hydrogen (secondary N) is 1. The van der Waals surface area contributed by atoms with Crippen molar-refractivity contribution < 1.29 is 22.7 Å². The van der Waals surface area contributed by atoms with Gasteiger partial charge in [0.1, 0.15) is 10.6 Å². The summed E-state index contributed by atoms with van der Waals surface area (Å²) in [4.78, 5) is 26.6. The molecule has 9 heteroatoms. The van der Waals surface area contributed by atoms with Crippen LogP contribution in [0, 0.1) is 13.8 Å². The number of carbonyl (C=O) groups excluding carboxylic acids is 2. The zero-order chi connectivity index (χ0) is 21.8. The second kappa shape index (κ2) is 9.51. The molecule has 0 saturated heterocycles. The Balaban J connectivity index is 2.12. The molecule has 0 bridgehead atoms. The number of benzene rings is 1. The van der Waals surface area contributed by atoms with Gasteiger partial charge in [0.25, 0.3) is 0 Å². The fourth-order valence-electron chi connectivity index (χ4n) is 2.75. The zero-order valence-electron chi connectivity index (χ0n) is 17.2. The summed E-state index contributed by atoms with van der Waals surface area (Å²) in [7, 11) is -0.895. The molecule has 1 aromatic carbocycles. The summed E-state index contributed by atoms with van der Waals surface area (Å²) in [5.74, 6) is -0.220. The molecule has 2 rings (SSSR count). The average Bonchev–Trinajstić information content (AvgIpc) is 2.99. The molecule has 158 valence electrons. The molecule has 0 radical (unpaired) electrons. The second-order valence-corrected chi connectivity index (χ2v) is 10.3. The van der Waals surface area contributed by atoms with Crippen LogP contribution >= 0.6 is 11.3 Å². The monoisotopic (exact) mass is 438 g/mol. The number of nitrogens with zero attached hydrogens (tertiary/aromatic N) is 1. The van der Waals surface area contributed by atoms with Gasteiger partial charge in [-0.15, -0.1) is 11.3 Å². The van der Waals surface area contributed by atoms with E-state index in [9.17, 15) is 18.0 Å². The first-order chi connectivity index (χ1) is 13.6. The van der Waals surface area contributed by atoms with Crippen molar-refractivity contribution in [3.05, 3.63) is 39.6 Å². The molecule has 1 aromatic heterocycles. The number of sulfonamides is 1. The molecular weight excluding hydrogens is 412 g/mol. The third kappa shape index (κ3) is 5.65. The zero-order valence-corrected chi connectivity index (χ0v) is 18.9. The minimum Gasteiger partial charge on any atom is -0.492 e. The second-order valence-electron chi connectivity index (χ2n) is 6.68. The Kier molecular flexibility index (Phi) is 7.56. The summed E-state index contributed by atoms with van der Waals surface area (Å²) in [6.45, 7) is 5.89. The number of ether oxygens (including phenoxy) is 1. The van der Waals surface area contributed by atoms with Gasteiger partial charge in [0.05, 0.1) is 6.61 Å². The minimum absolute atomic E-state index is 0.0101. The Morgan fingerprint density at radius 2 is 1.83 bits per heavy atom. The fraction of sp³-hybridized carbons (Fsp3) is 0.400. The lowest BCUT2D eigenvalue weighted by Gasteiger charge is -2.16. The predicted octanol–water partition coefficient (Wildman–Crippen LogP) is 3.62. The van der Waals surface area contributed by atoms with E-state index in [2.05, 4.69) is 5.32 Å². The van der Waals surface area contributed by atoms with Crippen molar-refractivity contribution in [3.63, 3.8) is 0 Å². The highest BCUT2D eigenvalue weighted by Crippen LogP contribution is 2.29. The Bertz CT molecular complexity index is 1010. The molecule has 0 saturated carbocycles.